The SMILES string of the molecule is CC1CC(C2CCCCC2)CCC1N1C2CCC(C3CCCCC3)CC2C2C3C4CCCCC4N(C4CCC(C5CCCCC5)CC4)C3CCC21. The lowest BCUT2D eigenvalue weighted by molar-refractivity contribution is -0.00738. The Bertz CT molecular complexity index is 1120. The van der Waals surface area contributed by atoms with Crippen molar-refractivity contribution in [2.75, 3.05) is 0 Å². The van der Waals surface area contributed by atoms with Crippen molar-refractivity contribution in [3.63, 3.8) is 0 Å². The van der Waals surface area contributed by atoms with E-state index in [9.17, 15) is 0 Å². The lowest BCUT2D eigenvalue weighted by atomic mass is 9.59. The molecule has 0 N–H and O–H groups in total. The van der Waals surface area contributed by atoms with E-state index in [0.717, 1.165) is 101 Å². The van der Waals surface area contributed by atoms with Gasteiger partial charge in [-0.15, -0.1) is 0 Å². The molecule has 288 valence electrons. The molecule has 10 rings (SSSR count). The molecule has 0 aromatic carbocycles. The Morgan fingerprint density at radius 3 is 1.35 bits per heavy atom. The Balaban J connectivity index is 0.917. The maximum Gasteiger partial charge on any atom is 0.0137 e. The standard InChI is InChI=1S/C49H82N2/c1-33-31-38(35-15-7-3-8-16-35)23-27-43(33)51-45-28-24-39(36-17-9-4-10-18-36)32-42(45)49-47(51)30-29-46-48(49)41-19-11-12-20-44(41)50(46)40-25-21-37(22-26-40)34-13-5-2-6-14-34/h33-49H,2-32H2,1H3. The first-order valence-electron chi connectivity index (χ1n) is 24.8. The van der Waals surface area contributed by atoms with Crippen molar-refractivity contribution in [2.45, 2.75) is 242 Å². The van der Waals surface area contributed by atoms with Crippen LogP contribution in [0.25, 0.3) is 0 Å². The molecule has 12 atom stereocenters. The summed E-state index contributed by atoms with van der Waals surface area (Å²) in [5, 5.41) is 0. The summed E-state index contributed by atoms with van der Waals surface area (Å²) in [6.07, 6.45) is 48.4. The van der Waals surface area contributed by atoms with Gasteiger partial charge >= 0.3 is 0 Å². The first-order chi connectivity index (χ1) is 25.2. The monoisotopic (exact) mass is 699 g/mol. The molecule has 2 aliphatic heterocycles. The molecule has 0 spiro atoms. The molecule has 2 heteroatoms. The largest absolute Gasteiger partial charge is 0.294 e. The third-order valence-electron chi connectivity index (χ3n) is 20.0. The van der Waals surface area contributed by atoms with Gasteiger partial charge < -0.3 is 0 Å². The summed E-state index contributed by atoms with van der Waals surface area (Å²) in [7, 11) is 0. The van der Waals surface area contributed by atoms with E-state index in [1.165, 1.54) is 51.4 Å². The van der Waals surface area contributed by atoms with Gasteiger partial charge in [-0.3, -0.25) is 9.80 Å². The number of fused-ring (bicyclic) bond motifs is 7. The van der Waals surface area contributed by atoms with E-state index in [-0.39, 0.29) is 0 Å². The summed E-state index contributed by atoms with van der Waals surface area (Å²) in [4.78, 5) is 6.85. The minimum absolute atomic E-state index is 0.907. The van der Waals surface area contributed by atoms with E-state index >= 15 is 0 Å². The maximum atomic E-state index is 3.44. The van der Waals surface area contributed by atoms with E-state index in [0.29, 0.717) is 0 Å². The summed E-state index contributed by atoms with van der Waals surface area (Å²) in [6.45, 7) is 2.76. The van der Waals surface area contributed by atoms with Gasteiger partial charge in [-0.1, -0.05) is 116 Å². The highest BCUT2D eigenvalue weighted by Crippen LogP contribution is 2.63. The fraction of sp³-hybridized carbons (Fsp3) is 1.00. The van der Waals surface area contributed by atoms with Crippen LogP contribution >= 0.6 is 0 Å². The summed E-state index contributed by atoms with van der Waals surface area (Å²) < 4.78 is 0. The van der Waals surface area contributed by atoms with E-state index in [1.54, 1.807) is 148 Å². The number of hydrogen-bond acceptors (Lipinski definition) is 2. The van der Waals surface area contributed by atoms with Gasteiger partial charge in [0.1, 0.15) is 0 Å². The third kappa shape index (κ3) is 6.59. The van der Waals surface area contributed by atoms with Crippen LogP contribution in [0.1, 0.15) is 206 Å². The highest BCUT2D eigenvalue weighted by Gasteiger charge is 2.64. The lowest BCUT2D eigenvalue weighted by Crippen LogP contribution is -2.54. The molecule has 0 bridgehead atoms. The van der Waals surface area contributed by atoms with Crippen molar-refractivity contribution in [3.05, 3.63) is 0 Å². The zero-order valence-corrected chi connectivity index (χ0v) is 33.6. The molecule has 0 amide bonds. The molecule has 8 aliphatic carbocycles. The van der Waals surface area contributed by atoms with Gasteiger partial charge in [0.05, 0.1) is 0 Å². The topological polar surface area (TPSA) is 6.48 Å². The van der Waals surface area contributed by atoms with Gasteiger partial charge in [0.15, 0.2) is 0 Å². The molecule has 0 aromatic rings. The van der Waals surface area contributed by atoms with Gasteiger partial charge in [-0.05, 0) is 155 Å². The second kappa shape index (κ2) is 15.5. The number of rotatable bonds is 5. The summed E-state index contributed by atoms with van der Waals surface area (Å²) in [5.74, 6) is 11.6. The average Bonchev–Trinajstić information content (AvgIpc) is 3.71. The molecule has 10 aliphatic rings. The fourth-order valence-electron chi connectivity index (χ4n) is 18.0. The van der Waals surface area contributed by atoms with Crippen LogP contribution in [0.3, 0.4) is 0 Å². The zero-order chi connectivity index (χ0) is 33.9. The third-order valence-corrected chi connectivity index (χ3v) is 20.0. The van der Waals surface area contributed by atoms with Crippen LogP contribution in [0.15, 0.2) is 0 Å². The molecule has 0 radical (unpaired) electrons. The van der Waals surface area contributed by atoms with Crippen LogP contribution in [0.5, 0.6) is 0 Å². The fourth-order valence-corrected chi connectivity index (χ4v) is 18.0. The molecule has 2 saturated heterocycles. The second-order valence-corrected chi connectivity index (χ2v) is 22.0. The van der Waals surface area contributed by atoms with Crippen LogP contribution in [-0.4, -0.2) is 46.1 Å². The normalized spacial score (nSPS) is 49.6. The summed E-state index contributed by atoms with van der Waals surface area (Å²) in [6, 6.07) is 5.63. The van der Waals surface area contributed by atoms with Gasteiger partial charge in [0.2, 0.25) is 0 Å². The number of hydrogen-bond donors (Lipinski definition) is 0. The van der Waals surface area contributed by atoms with Crippen molar-refractivity contribution in [2.24, 2.45) is 65.1 Å². The summed E-state index contributed by atoms with van der Waals surface area (Å²) in [5.41, 5.74) is 0. The highest BCUT2D eigenvalue weighted by atomic mass is 15.3. The smallest absolute Gasteiger partial charge is 0.0137 e. The van der Waals surface area contributed by atoms with E-state index in [2.05, 4.69) is 16.7 Å². The Kier molecular flexibility index (Phi) is 10.7. The Morgan fingerprint density at radius 1 is 0.294 bits per heavy atom. The second-order valence-electron chi connectivity index (χ2n) is 22.0. The van der Waals surface area contributed by atoms with Crippen molar-refractivity contribution >= 4 is 0 Å². The van der Waals surface area contributed by atoms with Gasteiger partial charge in [-0.25, -0.2) is 0 Å². The van der Waals surface area contributed by atoms with Gasteiger partial charge in [0, 0.05) is 36.3 Å². The van der Waals surface area contributed by atoms with E-state index in [4.69, 9.17) is 0 Å². The Labute approximate surface area is 316 Å². The van der Waals surface area contributed by atoms with Crippen LogP contribution in [-0.2, 0) is 0 Å². The zero-order valence-electron chi connectivity index (χ0n) is 33.6. The molecular weight excluding hydrogens is 617 g/mol. The molecule has 2 nitrogen and oxygen atoms in total. The molecule has 0 aromatic heterocycles. The Morgan fingerprint density at radius 2 is 0.725 bits per heavy atom. The minimum atomic E-state index is 0.907. The first-order valence-corrected chi connectivity index (χ1v) is 24.8. The molecule has 12 unspecified atom stereocenters. The van der Waals surface area contributed by atoms with Crippen molar-refractivity contribution in [1.29, 1.82) is 0 Å². The predicted molar refractivity (Wildman–Crippen MR) is 214 cm³/mol. The quantitative estimate of drug-likeness (QED) is 0.282. The van der Waals surface area contributed by atoms with Crippen LogP contribution in [0, 0.1) is 65.1 Å². The molecular formula is C49H82N2. The van der Waals surface area contributed by atoms with Crippen LogP contribution in [0.4, 0.5) is 0 Å². The highest BCUT2D eigenvalue weighted by molar-refractivity contribution is 5.17. The number of likely N-dealkylation sites (tertiary alicyclic amines) is 2. The van der Waals surface area contributed by atoms with Crippen molar-refractivity contribution in [1.82, 2.24) is 9.80 Å². The predicted octanol–water partition coefficient (Wildman–Crippen LogP) is 12.8. The van der Waals surface area contributed by atoms with Crippen LogP contribution in [0.2, 0.25) is 0 Å². The van der Waals surface area contributed by atoms with Gasteiger partial charge in [-0.2, -0.15) is 0 Å². The lowest BCUT2D eigenvalue weighted by Gasteiger charge is -2.50. The number of nitrogens with zero attached hydrogens (tertiary/aromatic N) is 2. The van der Waals surface area contributed by atoms with Gasteiger partial charge in [0.25, 0.3) is 0 Å². The first kappa shape index (κ1) is 35.3. The van der Waals surface area contributed by atoms with Crippen LogP contribution < -0.4 is 0 Å². The Hall–Kier alpha value is -0.0800. The molecule has 2 heterocycles. The van der Waals surface area contributed by atoms with Crippen molar-refractivity contribution in [3.8, 4) is 0 Å². The molecule has 10 fully saturated rings. The maximum absolute atomic E-state index is 3.44. The van der Waals surface area contributed by atoms with Crippen molar-refractivity contribution < 1.29 is 0 Å². The molecule has 51 heavy (non-hydrogen) atoms. The minimum Gasteiger partial charge on any atom is -0.294 e. The van der Waals surface area contributed by atoms with E-state index in [1.807, 2.05) is 0 Å². The van der Waals surface area contributed by atoms with E-state index < -0.39 is 0 Å². The average molecular weight is 699 g/mol. The molecule has 8 saturated carbocycles. The summed E-state index contributed by atoms with van der Waals surface area (Å²) >= 11 is 0.